The highest BCUT2D eigenvalue weighted by atomic mass is 35.5. The van der Waals surface area contributed by atoms with E-state index in [-0.39, 0.29) is 0 Å². The number of halogens is 1. The second-order valence-electron chi connectivity index (χ2n) is 2.77. The predicted octanol–water partition coefficient (Wildman–Crippen LogP) is 1.66. The van der Waals surface area contributed by atoms with Gasteiger partial charge < -0.3 is 4.84 Å². The second-order valence-corrected chi connectivity index (χ2v) is 3.16. The van der Waals surface area contributed by atoms with E-state index in [0.29, 0.717) is 10.8 Å². The van der Waals surface area contributed by atoms with Crippen molar-refractivity contribution in [1.82, 2.24) is 9.71 Å². The summed E-state index contributed by atoms with van der Waals surface area (Å²) in [6.07, 6.45) is 1.62. The van der Waals surface area contributed by atoms with E-state index in [1.54, 1.807) is 18.3 Å². The highest BCUT2D eigenvalue weighted by molar-refractivity contribution is 6.29. The van der Waals surface area contributed by atoms with Gasteiger partial charge in [-0.3, -0.25) is 0 Å². The highest BCUT2D eigenvalue weighted by Gasteiger charge is 2.05. The summed E-state index contributed by atoms with van der Waals surface area (Å²) < 4.78 is 1.30. The number of hydrogen-bond acceptors (Lipinski definition) is 3. The van der Waals surface area contributed by atoms with Gasteiger partial charge in [-0.15, -0.1) is 0 Å². The third-order valence-corrected chi connectivity index (χ3v) is 1.91. The lowest BCUT2D eigenvalue weighted by Crippen LogP contribution is -2.15. The molecule has 5 heteroatoms. The number of aromatic nitrogens is 2. The Morgan fingerprint density at radius 2 is 2.29 bits per heavy atom. The molecule has 0 fully saturated rings. The van der Waals surface area contributed by atoms with Gasteiger partial charge in [0.2, 0.25) is 0 Å². The molecule has 2 aromatic rings. The van der Waals surface area contributed by atoms with Crippen LogP contribution in [0.4, 0.5) is 0 Å². The molecule has 0 N–H and O–H groups in total. The fourth-order valence-electron chi connectivity index (χ4n) is 1.17. The van der Waals surface area contributed by atoms with E-state index in [4.69, 9.17) is 16.4 Å². The summed E-state index contributed by atoms with van der Waals surface area (Å²) in [6.45, 7) is 1.33. The minimum atomic E-state index is -0.399. The van der Waals surface area contributed by atoms with Crippen LogP contribution in [0.25, 0.3) is 11.0 Å². The van der Waals surface area contributed by atoms with Gasteiger partial charge in [-0.1, -0.05) is 11.6 Å². The van der Waals surface area contributed by atoms with Gasteiger partial charge in [0.05, 0.1) is 0 Å². The average molecular weight is 211 g/mol. The number of rotatable bonds is 1. The molecule has 0 aliphatic rings. The molecule has 14 heavy (non-hydrogen) atoms. The summed E-state index contributed by atoms with van der Waals surface area (Å²) in [5.41, 5.74) is 0.535. The molecule has 0 aliphatic heterocycles. The molecular weight excluding hydrogens is 204 g/mol. The summed E-state index contributed by atoms with van der Waals surface area (Å²) in [5.74, 6) is -0.399. The Bertz CT molecular complexity index is 493. The molecule has 0 bridgehead atoms. The fourth-order valence-corrected chi connectivity index (χ4v) is 1.32. The van der Waals surface area contributed by atoms with E-state index < -0.39 is 5.97 Å². The summed E-state index contributed by atoms with van der Waals surface area (Å²) in [4.78, 5) is 19.7. The van der Waals surface area contributed by atoms with Crippen molar-refractivity contribution in [2.45, 2.75) is 6.92 Å². The first kappa shape index (κ1) is 9.02. The normalized spacial score (nSPS) is 10.4. The lowest BCUT2D eigenvalue weighted by atomic mass is 10.3. The molecule has 2 aromatic heterocycles. The lowest BCUT2D eigenvalue weighted by Gasteiger charge is -2.01. The van der Waals surface area contributed by atoms with Gasteiger partial charge in [0.25, 0.3) is 0 Å². The smallest absolute Gasteiger partial charge is 0.329 e. The topological polar surface area (TPSA) is 44.1 Å². The van der Waals surface area contributed by atoms with Crippen molar-refractivity contribution in [3.05, 3.63) is 29.5 Å². The van der Waals surface area contributed by atoms with E-state index >= 15 is 0 Å². The maximum Gasteiger partial charge on any atom is 0.329 e. The zero-order chi connectivity index (χ0) is 10.1. The maximum atomic E-state index is 10.7. The molecule has 2 rings (SSSR count). The van der Waals surface area contributed by atoms with Crippen LogP contribution in [0.15, 0.2) is 24.4 Å². The molecule has 0 spiro atoms. The molecule has 2 heterocycles. The predicted molar refractivity (Wildman–Crippen MR) is 52.0 cm³/mol. The van der Waals surface area contributed by atoms with Crippen molar-refractivity contribution in [2.24, 2.45) is 0 Å². The van der Waals surface area contributed by atoms with Crippen LogP contribution in [0, 0.1) is 0 Å². The van der Waals surface area contributed by atoms with E-state index in [9.17, 15) is 4.79 Å². The Morgan fingerprint density at radius 1 is 1.50 bits per heavy atom. The first-order valence-electron chi connectivity index (χ1n) is 3.99. The minimum Gasteiger partial charge on any atom is -0.335 e. The van der Waals surface area contributed by atoms with Gasteiger partial charge in [0.1, 0.15) is 5.15 Å². The fraction of sp³-hybridized carbons (Fsp3) is 0.111. The number of pyridine rings is 1. The van der Waals surface area contributed by atoms with Crippen molar-refractivity contribution in [3.8, 4) is 0 Å². The van der Waals surface area contributed by atoms with Crippen LogP contribution in [0.2, 0.25) is 5.15 Å². The molecule has 0 radical (unpaired) electrons. The first-order chi connectivity index (χ1) is 6.66. The van der Waals surface area contributed by atoms with E-state index in [1.807, 2.05) is 6.07 Å². The lowest BCUT2D eigenvalue weighted by molar-refractivity contribution is -0.140. The van der Waals surface area contributed by atoms with Gasteiger partial charge in [-0.2, -0.15) is 4.73 Å². The van der Waals surface area contributed by atoms with Crippen LogP contribution < -0.4 is 4.84 Å². The van der Waals surface area contributed by atoms with E-state index in [1.165, 1.54) is 11.7 Å². The highest BCUT2D eigenvalue weighted by Crippen LogP contribution is 2.15. The summed E-state index contributed by atoms with van der Waals surface area (Å²) in [7, 11) is 0. The van der Waals surface area contributed by atoms with E-state index in [0.717, 1.165) is 5.39 Å². The number of carbonyl (C=O) groups is 1. The molecule has 0 aliphatic carbocycles. The van der Waals surface area contributed by atoms with Crippen LogP contribution in [0.5, 0.6) is 0 Å². The minimum absolute atomic E-state index is 0.365. The maximum absolute atomic E-state index is 10.7. The summed E-state index contributed by atoms with van der Waals surface area (Å²) >= 11 is 5.72. The first-order valence-corrected chi connectivity index (χ1v) is 4.37. The molecule has 0 amide bonds. The standard InChI is InChI=1S/C9H7ClN2O2/c1-6(13)14-12-5-4-7-2-3-8(10)11-9(7)12/h2-5H,1H3. The summed E-state index contributed by atoms with van der Waals surface area (Å²) in [6, 6.07) is 5.29. The largest absolute Gasteiger partial charge is 0.335 e. The van der Waals surface area contributed by atoms with Crippen molar-refractivity contribution in [2.75, 3.05) is 0 Å². The van der Waals surface area contributed by atoms with Crippen molar-refractivity contribution < 1.29 is 9.63 Å². The Labute approximate surface area is 85.0 Å². The number of carbonyl (C=O) groups excluding carboxylic acids is 1. The SMILES string of the molecule is CC(=O)On1ccc2ccc(Cl)nc21. The Kier molecular flexibility index (Phi) is 2.13. The average Bonchev–Trinajstić information content (AvgIpc) is 2.47. The number of hydrogen-bond donors (Lipinski definition) is 0. The zero-order valence-corrected chi connectivity index (χ0v) is 8.15. The van der Waals surface area contributed by atoms with Crippen molar-refractivity contribution in [3.63, 3.8) is 0 Å². The Morgan fingerprint density at radius 3 is 3.00 bits per heavy atom. The Hall–Kier alpha value is -1.55. The van der Waals surface area contributed by atoms with Gasteiger partial charge >= 0.3 is 5.97 Å². The molecule has 0 saturated carbocycles. The third-order valence-electron chi connectivity index (χ3n) is 1.70. The molecule has 0 saturated heterocycles. The quantitative estimate of drug-likeness (QED) is 0.673. The van der Waals surface area contributed by atoms with Crippen LogP contribution >= 0.6 is 11.6 Å². The monoisotopic (exact) mass is 210 g/mol. The van der Waals surface area contributed by atoms with Crippen LogP contribution in [0.3, 0.4) is 0 Å². The van der Waals surface area contributed by atoms with Crippen LogP contribution in [0.1, 0.15) is 6.92 Å². The Balaban J connectivity index is 2.55. The van der Waals surface area contributed by atoms with Gasteiger partial charge in [0.15, 0.2) is 5.65 Å². The van der Waals surface area contributed by atoms with Crippen molar-refractivity contribution >= 4 is 28.6 Å². The number of nitrogens with zero attached hydrogens (tertiary/aromatic N) is 2. The van der Waals surface area contributed by atoms with Gasteiger partial charge in [0, 0.05) is 18.5 Å². The molecule has 0 unspecified atom stereocenters. The second kappa shape index (κ2) is 3.31. The van der Waals surface area contributed by atoms with Gasteiger partial charge in [-0.05, 0) is 18.2 Å². The molecule has 4 nitrogen and oxygen atoms in total. The van der Waals surface area contributed by atoms with Crippen LogP contribution in [-0.2, 0) is 4.79 Å². The number of fused-ring (bicyclic) bond motifs is 1. The van der Waals surface area contributed by atoms with Gasteiger partial charge in [-0.25, -0.2) is 9.78 Å². The molecule has 0 atom stereocenters. The zero-order valence-electron chi connectivity index (χ0n) is 7.40. The third kappa shape index (κ3) is 1.56. The molecular formula is C9H7ClN2O2. The molecule has 72 valence electrons. The van der Waals surface area contributed by atoms with E-state index in [2.05, 4.69) is 4.98 Å². The van der Waals surface area contributed by atoms with Crippen molar-refractivity contribution in [1.29, 1.82) is 0 Å². The summed E-state index contributed by atoms with van der Waals surface area (Å²) in [5, 5.41) is 1.24. The van der Waals surface area contributed by atoms with Crippen LogP contribution in [-0.4, -0.2) is 15.7 Å². The molecule has 0 aromatic carbocycles.